The van der Waals surface area contributed by atoms with Crippen LogP contribution in [0.15, 0.2) is 47.3 Å². The molecule has 13 heteroatoms. The smallest absolute Gasteiger partial charge is 0.394 e. The van der Waals surface area contributed by atoms with Crippen LogP contribution in [0.1, 0.15) is 28.8 Å². The normalized spacial score (nSPS) is 11.5. The second kappa shape index (κ2) is 9.91. The van der Waals surface area contributed by atoms with E-state index in [1.807, 2.05) is 0 Å². The van der Waals surface area contributed by atoms with E-state index < -0.39 is 34.3 Å². The lowest BCUT2D eigenvalue weighted by atomic mass is 10.1. The molecule has 0 radical (unpaired) electrons. The molecule has 2 heterocycles. The maximum Gasteiger partial charge on any atom is 0.394 e. The van der Waals surface area contributed by atoms with Gasteiger partial charge in [-0.1, -0.05) is 41.4 Å². The van der Waals surface area contributed by atoms with Gasteiger partial charge in [-0.3, -0.25) is 14.2 Å². The number of aryl methyl sites for hydroxylation is 1. The highest BCUT2D eigenvalue weighted by atomic mass is 35.5. The number of aromatic nitrogens is 3. The average Bonchev–Trinajstić information content (AvgIpc) is 2.81. The van der Waals surface area contributed by atoms with E-state index in [0.717, 1.165) is 22.8 Å². The minimum absolute atomic E-state index is 0.0942. The molecule has 2 N–H and O–H groups in total. The first-order valence-corrected chi connectivity index (χ1v) is 11.3. The van der Waals surface area contributed by atoms with E-state index in [0.29, 0.717) is 6.92 Å². The van der Waals surface area contributed by atoms with Crippen LogP contribution in [0.25, 0.3) is 10.9 Å². The zero-order valence-corrected chi connectivity index (χ0v) is 20.7. The standard InChI is InChI=1S/C24H17Cl2F3N4O4/c1-11-30-19-14(27)7-8-15(32-22(35)16-9-13(25)20(34)21(26)31-16)18(19)23(36)33(11)10-12-5-3-4-6-17(12)37-24(2,28)29/h3-9,34H,10H2,1-2H3,(H,32,35). The largest absolute Gasteiger partial charge is 0.504 e. The lowest BCUT2D eigenvalue weighted by Gasteiger charge is -2.18. The van der Waals surface area contributed by atoms with E-state index >= 15 is 0 Å². The number of hydrogen-bond acceptors (Lipinski definition) is 6. The summed E-state index contributed by atoms with van der Waals surface area (Å²) in [6, 6.07) is 9.14. The Balaban J connectivity index is 1.80. The number of amides is 1. The second-order valence-corrected chi connectivity index (χ2v) is 8.73. The van der Waals surface area contributed by atoms with Gasteiger partial charge in [0.25, 0.3) is 11.5 Å². The van der Waals surface area contributed by atoms with E-state index in [2.05, 4.69) is 15.3 Å². The number of alkyl halides is 2. The first-order valence-electron chi connectivity index (χ1n) is 10.6. The van der Waals surface area contributed by atoms with Crippen LogP contribution in [-0.4, -0.2) is 31.7 Å². The fourth-order valence-electron chi connectivity index (χ4n) is 3.56. The van der Waals surface area contributed by atoms with Crippen LogP contribution in [-0.2, 0) is 6.54 Å². The summed E-state index contributed by atoms with van der Waals surface area (Å²) in [4.78, 5) is 34.2. The lowest BCUT2D eigenvalue weighted by molar-refractivity contribution is -0.159. The molecule has 192 valence electrons. The zero-order chi connectivity index (χ0) is 27.1. The van der Waals surface area contributed by atoms with Gasteiger partial charge in [-0.2, -0.15) is 8.78 Å². The van der Waals surface area contributed by atoms with Crippen LogP contribution in [0.3, 0.4) is 0 Å². The summed E-state index contributed by atoms with van der Waals surface area (Å²) in [5.74, 6) is -2.24. The number of hydrogen-bond donors (Lipinski definition) is 2. The fraction of sp³-hybridized carbons (Fsp3) is 0.167. The third kappa shape index (κ3) is 5.47. The molecule has 0 fully saturated rings. The quantitative estimate of drug-likeness (QED) is 0.304. The number of carbonyl (C=O) groups is 1. The number of anilines is 1. The van der Waals surface area contributed by atoms with Crippen molar-refractivity contribution in [2.45, 2.75) is 26.5 Å². The number of aromatic hydroxyl groups is 1. The van der Waals surface area contributed by atoms with Crippen molar-refractivity contribution in [1.82, 2.24) is 14.5 Å². The molecule has 2 aromatic carbocycles. The van der Waals surface area contributed by atoms with Crippen LogP contribution < -0.4 is 15.6 Å². The summed E-state index contributed by atoms with van der Waals surface area (Å²) in [7, 11) is 0. The van der Waals surface area contributed by atoms with E-state index in [1.165, 1.54) is 25.1 Å². The van der Waals surface area contributed by atoms with Gasteiger partial charge < -0.3 is 15.2 Å². The van der Waals surface area contributed by atoms with Crippen LogP contribution in [0.2, 0.25) is 10.2 Å². The first kappa shape index (κ1) is 26.2. The minimum Gasteiger partial charge on any atom is -0.504 e. The summed E-state index contributed by atoms with van der Waals surface area (Å²) in [6.07, 6.45) is -3.47. The molecule has 0 aliphatic carbocycles. The molecule has 2 aromatic heterocycles. The highest BCUT2D eigenvalue weighted by Gasteiger charge is 2.25. The molecule has 4 rings (SSSR count). The van der Waals surface area contributed by atoms with E-state index in [9.17, 15) is 27.9 Å². The Morgan fingerprint density at radius 2 is 1.89 bits per heavy atom. The van der Waals surface area contributed by atoms with Gasteiger partial charge in [-0.05, 0) is 31.2 Å². The molecule has 37 heavy (non-hydrogen) atoms. The maximum absolute atomic E-state index is 14.6. The van der Waals surface area contributed by atoms with Crippen molar-refractivity contribution in [1.29, 1.82) is 0 Å². The predicted octanol–water partition coefficient (Wildman–Crippen LogP) is 5.54. The number of ether oxygens (including phenoxy) is 1. The van der Waals surface area contributed by atoms with Gasteiger partial charge in [-0.25, -0.2) is 14.4 Å². The topological polar surface area (TPSA) is 106 Å². The predicted molar refractivity (Wildman–Crippen MR) is 131 cm³/mol. The Kier molecular flexibility index (Phi) is 7.03. The Bertz CT molecular complexity index is 1580. The molecule has 0 bridgehead atoms. The van der Waals surface area contributed by atoms with Crippen molar-refractivity contribution in [2.75, 3.05) is 5.32 Å². The van der Waals surface area contributed by atoms with Gasteiger partial charge >= 0.3 is 6.11 Å². The Morgan fingerprint density at radius 1 is 1.19 bits per heavy atom. The SMILES string of the molecule is Cc1nc2c(F)ccc(NC(=O)c3cc(Cl)c(O)c(Cl)n3)c2c(=O)n1Cc1ccccc1OC(C)(F)F. The number of rotatable bonds is 6. The summed E-state index contributed by atoms with van der Waals surface area (Å²) < 4.78 is 47.5. The third-order valence-electron chi connectivity index (χ3n) is 5.23. The van der Waals surface area contributed by atoms with Crippen molar-refractivity contribution in [3.8, 4) is 11.5 Å². The van der Waals surface area contributed by atoms with Crippen molar-refractivity contribution >= 4 is 45.7 Å². The van der Waals surface area contributed by atoms with E-state index in [4.69, 9.17) is 27.9 Å². The second-order valence-electron chi connectivity index (χ2n) is 7.97. The Morgan fingerprint density at radius 3 is 2.57 bits per heavy atom. The van der Waals surface area contributed by atoms with Crippen molar-refractivity contribution in [3.63, 3.8) is 0 Å². The van der Waals surface area contributed by atoms with Gasteiger partial charge in [0.15, 0.2) is 10.9 Å². The number of nitrogens with zero attached hydrogens (tertiary/aromatic N) is 3. The number of fused-ring (bicyclic) bond motifs is 1. The first-order chi connectivity index (χ1) is 17.4. The Labute approximate surface area is 217 Å². The van der Waals surface area contributed by atoms with Gasteiger partial charge in [0.2, 0.25) is 0 Å². The van der Waals surface area contributed by atoms with Gasteiger partial charge in [0.1, 0.15) is 28.6 Å². The number of nitrogens with one attached hydrogen (secondary N) is 1. The van der Waals surface area contributed by atoms with Crippen molar-refractivity contribution in [2.24, 2.45) is 0 Å². The highest BCUT2D eigenvalue weighted by molar-refractivity contribution is 6.36. The summed E-state index contributed by atoms with van der Waals surface area (Å²) in [5, 5.41) is 11.2. The van der Waals surface area contributed by atoms with E-state index in [-0.39, 0.29) is 51.0 Å². The molecular formula is C24H17Cl2F3N4O4. The molecule has 0 saturated carbocycles. The molecule has 8 nitrogen and oxygen atoms in total. The van der Waals surface area contributed by atoms with Crippen molar-refractivity contribution < 1.29 is 27.8 Å². The number of carbonyl (C=O) groups excluding carboxylic acids is 1. The maximum atomic E-state index is 14.6. The third-order valence-corrected chi connectivity index (χ3v) is 5.78. The molecule has 0 aliphatic heterocycles. The summed E-state index contributed by atoms with van der Waals surface area (Å²) >= 11 is 11.6. The molecule has 4 aromatic rings. The van der Waals surface area contributed by atoms with Crippen LogP contribution in [0.5, 0.6) is 11.5 Å². The molecule has 0 aliphatic rings. The van der Waals surface area contributed by atoms with Gasteiger partial charge in [-0.15, -0.1) is 0 Å². The van der Waals surface area contributed by atoms with Crippen molar-refractivity contribution in [3.05, 3.63) is 85.9 Å². The summed E-state index contributed by atoms with van der Waals surface area (Å²) in [6.45, 7) is 1.81. The molecule has 0 atom stereocenters. The van der Waals surface area contributed by atoms with Gasteiger partial charge in [0, 0.05) is 12.5 Å². The molecular weight excluding hydrogens is 536 g/mol. The van der Waals surface area contributed by atoms with Crippen LogP contribution in [0.4, 0.5) is 18.9 Å². The monoisotopic (exact) mass is 552 g/mol. The molecule has 1 amide bonds. The molecule has 0 saturated heterocycles. The molecule has 0 spiro atoms. The zero-order valence-electron chi connectivity index (χ0n) is 19.2. The number of para-hydroxylation sites is 1. The van der Waals surface area contributed by atoms with Crippen LogP contribution >= 0.6 is 23.2 Å². The molecule has 0 unspecified atom stereocenters. The number of benzene rings is 2. The minimum atomic E-state index is -3.47. The average molecular weight is 553 g/mol. The Hall–Kier alpha value is -3.83. The number of pyridine rings is 1. The summed E-state index contributed by atoms with van der Waals surface area (Å²) in [5.41, 5.74) is -1.19. The lowest BCUT2D eigenvalue weighted by Crippen LogP contribution is -2.27. The highest BCUT2D eigenvalue weighted by Crippen LogP contribution is 2.31. The number of halogens is 5. The van der Waals surface area contributed by atoms with E-state index in [1.54, 1.807) is 6.07 Å². The van der Waals surface area contributed by atoms with Gasteiger partial charge in [0.05, 0.1) is 22.6 Å². The van der Waals surface area contributed by atoms with Crippen LogP contribution in [0, 0.1) is 12.7 Å². The fourth-order valence-corrected chi connectivity index (χ4v) is 4.00.